The molecule has 0 saturated carbocycles. The fraction of sp³-hybridized carbons (Fsp3) is 0.250. The Balaban J connectivity index is 2.36. The Labute approximate surface area is 116 Å². The van der Waals surface area contributed by atoms with Crippen LogP contribution in [0.15, 0.2) is 36.4 Å². The van der Waals surface area contributed by atoms with E-state index in [4.69, 9.17) is 5.73 Å². The summed E-state index contributed by atoms with van der Waals surface area (Å²) in [7, 11) is 0. The van der Waals surface area contributed by atoms with Gasteiger partial charge in [0.2, 0.25) is 0 Å². The number of phenols is 1. The molecule has 0 radical (unpaired) electrons. The van der Waals surface area contributed by atoms with Crippen LogP contribution in [0.2, 0.25) is 0 Å². The van der Waals surface area contributed by atoms with Crippen molar-refractivity contribution in [3.8, 4) is 5.75 Å². The lowest BCUT2D eigenvalue weighted by atomic mass is 9.79. The van der Waals surface area contributed by atoms with Crippen molar-refractivity contribution >= 4 is 16.3 Å². The van der Waals surface area contributed by atoms with E-state index in [-0.39, 0.29) is 24.8 Å². The van der Waals surface area contributed by atoms with E-state index >= 15 is 0 Å². The summed E-state index contributed by atoms with van der Waals surface area (Å²) in [5.41, 5.74) is 7.79. The number of aliphatic hydroxyl groups excluding tert-OH is 2. The Morgan fingerprint density at radius 2 is 2.00 bits per heavy atom. The predicted molar refractivity (Wildman–Crippen MR) is 78.5 cm³/mol. The first kappa shape index (κ1) is 13.1. The quantitative estimate of drug-likeness (QED) is 0.678. The zero-order chi connectivity index (χ0) is 14.3. The molecule has 5 N–H and O–H groups in total. The molecule has 1 aliphatic rings. The molecule has 2 atom stereocenters. The first-order chi connectivity index (χ1) is 9.67. The lowest BCUT2D eigenvalue weighted by Gasteiger charge is -2.28. The van der Waals surface area contributed by atoms with Crippen molar-refractivity contribution in [1.29, 1.82) is 0 Å². The van der Waals surface area contributed by atoms with Gasteiger partial charge in [0.05, 0.1) is 12.7 Å². The third kappa shape index (κ3) is 1.81. The summed E-state index contributed by atoms with van der Waals surface area (Å²) < 4.78 is 0. The zero-order valence-electron chi connectivity index (χ0n) is 11.0. The number of benzene rings is 2. The molecule has 104 valence electrons. The van der Waals surface area contributed by atoms with Crippen molar-refractivity contribution in [3.05, 3.63) is 47.5 Å². The van der Waals surface area contributed by atoms with Crippen molar-refractivity contribution < 1.29 is 15.3 Å². The molecule has 4 heteroatoms. The van der Waals surface area contributed by atoms with Crippen LogP contribution in [0.5, 0.6) is 5.75 Å². The van der Waals surface area contributed by atoms with Gasteiger partial charge in [-0.25, -0.2) is 0 Å². The average molecular weight is 271 g/mol. The van der Waals surface area contributed by atoms with E-state index in [1.165, 1.54) is 0 Å². The van der Waals surface area contributed by atoms with E-state index in [1.54, 1.807) is 12.1 Å². The van der Waals surface area contributed by atoms with Crippen molar-refractivity contribution in [2.24, 2.45) is 5.73 Å². The maximum atomic E-state index is 10.1. The Bertz CT molecular complexity index is 693. The number of hydrogen-bond acceptors (Lipinski definition) is 4. The summed E-state index contributed by atoms with van der Waals surface area (Å²) in [5, 5.41) is 31.7. The Morgan fingerprint density at radius 1 is 1.20 bits per heavy atom. The molecule has 2 unspecified atom stereocenters. The Hall–Kier alpha value is -1.88. The highest BCUT2D eigenvalue weighted by atomic mass is 16.3. The highest BCUT2D eigenvalue weighted by Gasteiger charge is 2.27. The zero-order valence-corrected chi connectivity index (χ0v) is 11.0. The van der Waals surface area contributed by atoms with Gasteiger partial charge in [0, 0.05) is 18.0 Å². The minimum Gasteiger partial charge on any atom is -0.507 e. The average Bonchev–Trinajstić information content (AvgIpc) is 2.49. The highest BCUT2D eigenvalue weighted by Crippen LogP contribution is 2.43. The Kier molecular flexibility index (Phi) is 3.22. The van der Waals surface area contributed by atoms with Gasteiger partial charge in [-0.15, -0.1) is 0 Å². The summed E-state index contributed by atoms with van der Waals surface area (Å²) in [5.74, 6) is -0.119. The molecule has 0 bridgehead atoms. The SMILES string of the molecule is NCC(O)C1C=C(CO)c2c(O)ccc3cccc1c23. The molecule has 0 saturated heterocycles. The number of hydrogen-bond donors (Lipinski definition) is 4. The fourth-order valence-corrected chi connectivity index (χ4v) is 2.99. The smallest absolute Gasteiger partial charge is 0.123 e. The number of aliphatic hydroxyl groups is 2. The van der Waals surface area contributed by atoms with Crippen LogP contribution >= 0.6 is 0 Å². The van der Waals surface area contributed by atoms with E-state index in [0.29, 0.717) is 11.1 Å². The molecular formula is C16H17NO3. The molecule has 0 amide bonds. The predicted octanol–water partition coefficient (Wildman–Crippen LogP) is 1.34. The van der Waals surface area contributed by atoms with E-state index < -0.39 is 6.10 Å². The lowest BCUT2D eigenvalue weighted by Crippen LogP contribution is -2.28. The number of phenolic OH excluding ortho intramolecular Hbond substituents is 1. The van der Waals surface area contributed by atoms with Crippen molar-refractivity contribution in [1.82, 2.24) is 0 Å². The van der Waals surface area contributed by atoms with Crippen LogP contribution in [0.3, 0.4) is 0 Å². The molecule has 20 heavy (non-hydrogen) atoms. The minimum atomic E-state index is -0.711. The maximum Gasteiger partial charge on any atom is 0.123 e. The van der Waals surface area contributed by atoms with Gasteiger partial charge in [-0.3, -0.25) is 0 Å². The van der Waals surface area contributed by atoms with Gasteiger partial charge in [-0.05, 0) is 28.0 Å². The van der Waals surface area contributed by atoms with Crippen LogP contribution in [0.4, 0.5) is 0 Å². The fourth-order valence-electron chi connectivity index (χ4n) is 2.99. The Morgan fingerprint density at radius 3 is 2.70 bits per heavy atom. The van der Waals surface area contributed by atoms with Crippen molar-refractivity contribution in [2.75, 3.05) is 13.2 Å². The topological polar surface area (TPSA) is 86.7 Å². The van der Waals surface area contributed by atoms with Gasteiger partial charge >= 0.3 is 0 Å². The van der Waals surface area contributed by atoms with Gasteiger partial charge in [0.25, 0.3) is 0 Å². The monoisotopic (exact) mass is 271 g/mol. The second-order valence-corrected chi connectivity index (χ2v) is 5.08. The molecule has 0 aliphatic heterocycles. The minimum absolute atomic E-state index is 0.143. The van der Waals surface area contributed by atoms with Gasteiger partial charge in [0.1, 0.15) is 5.75 Å². The first-order valence-corrected chi connectivity index (χ1v) is 6.62. The molecule has 4 nitrogen and oxygen atoms in total. The third-order valence-electron chi connectivity index (χ3n) is 3.94. The van der Waals surface area contributed by atoms with Crippen LogP contribution in [0, 0.1) is 0 Å². The first-order valence-electron chi connectivity index (χ1n) is 6.62. The van der Waals surface area contributed by atoms with Crippen LogP contribution < -0.4 is 5.73 Å². The molecule has 2 aromatic carbocycles. The molecule has 1 aliphatic carbocycles. The summed E-state index contributed by atoms with van der Waals surface area (Å²) in [6, 6.07) is 9.27. The molecule has 0 heterocycles. The summed E-state index contributed by atoms with van der Waals surface area (Å²) in [6.07, 6.45) is 1.09. The maximum absolute atomic E-state index is 10.1. The molecule has 0 spiro atoms. The molecule has 3 rings (SSSR count). The molecule has 0 aromatic heterocycles. The van der Waals surface area contributed by atoms with Gasteiger partial charge in [0.15, 0.2) is 0 Å². The molecular weight excluding hydrogens is 254 g/mol. The van der Waals surface area contributed by atoms with E-state index in [1.807, 2.05) is 24.3 Å². The highest BCUT2D eigenvalue weighted by molar-refractivity contribution is 6.01. The summed E-state index contributed by atoms with van der Waals surface area (Å²) in [4.78, 5) is 0. The second-order valence-electron chi connectivity index (χ2n) is 5.08. The lowest BCUT2D eigenvalue weighted by molar-refractivity contribution is 0.167. The van der Waals surface area contributed by atoms with Crippen LogP contribution in [0.25, 0.3) is 16.3 Å². The largest absolute Gasteiger partial charge is 0.507 e. The van der Waals surface area contributed by atoms with Crippen molar-refractivity contribution in [3.63, 3.8) is 0 Å². The van der Waals surface area contributed by atoms with Crippen LogP contribution in [-0.4, -0.2) is 34.6 Å². The van der Waals surface area contributed by atoms with Gasteiger partial charge in [-0.1, -0.05) is 30.3 Å². The number of aromatic hydroxyl groups is 1. The number of nitrogens with two attached hydrogens (primary N) is 1. The van der Waals surface area contributed by atoms with E-state index in [2.05, 4.69) is 0 Å². The van der Waals surface area contributed by atoms with Crippen LogP contribution in [0.1, 0.15) is 17.0 Å². The third-order valence-corrected chi connectivity index (χ3v) is 3.94. The normalized spacial score (nSPS) is 18.9. The van der Waals surface area contributed by atoms with Gasteiger partial charge < -0.3 is 21.1 Å². The van der Waals surface area contributed by atoms with E-state index in [0.717, 1.165) is 16.3 Å². The van der Waals surface area contributed by atoms with E-state index in [9.17, 15) is 15.3 Å². The van der Waals surface area contributed by atoms with Gasteiger partial charge in [-0.2, -0.15) is 0 Å². The van der Waals surface area contributed by atoms with Crippen molar-refractivity contribution in [2.45, 2.75) is 12.0 Å². The second kappa shape index (κ2) is 4.90. The van der Waals surface area contributed by atoms with Crippen LogP contribution in [-0.2, 0) is 0 Å². The molecule has 2 aromatic rings. The summed E-state index contributed by atoms with van der Waals surface area (Å²) >= 11 is 0. The summed E-state index contributed by atoms with van der Waals surface area (Å²) in [6.45, 7) is -0.0424. The standard InChI is InChI=1S/C16H17NO3/c17-7-14(20)12-6-10(8-18)16-13(19)5-4-9-2-1-3-11(12)15(9)16/h1-6,12,14,18-20H,7-8,17H2. The number of rotatable bonds is 3. The molecule has 0 fully saturated rings.